The van der Waals surface area contributed by atoms with Crippen LogP contribution in [-0.4, -0.2) is 25.0 Å². The van der Waals surface area contributed by atoms with Gasteiger partial charge >= 0.3 is 0 Å². The van der Waals surface area contributed by atoms with Crippen molar-refractivity contribution in [3.63, 3.8) is 0 Å². The van der Waals surface area contributed by atoms with Crippen LogP contribution in [0.25, 0.3) is 0 Å². The van der Waals surface area contributed by atoms with Crippen LogP contribution in [0.4, 0.5) is 0 Å². The molecule has 19 heavy (non-hydrogen) atoms. The van der Waals surface area contributed by atoms with E-state index in [9.17, 15) is 5.26 Å². The summed E-state index contributed by atoms with van der Waals surface area (Å²) in [6.07, 6.45) is 2.47. The highest BCUT2D eigenvalue weighted by molar-refractivity contribution is 5.32. The summed E-state index contributed by atoms with van der Waals surface area (Å²) >= 11 is 0. The minimum Gasteiger partial charge on any atom is -0.306 e. The zero-order chi connectivity index (χ0) is 13.8. The molecule has 1 aliphatic heterocycles. The van der Waals surface area contributed by atoms with Gasteiger partial charge in [-0.1, -0.05) is 38.1 Å². The van der Waals surface area contributed by atoms with Crippen LogP contribution in [0.3, 0.4) is 0 Å². The van der Waals surface area contributed by atoms with E-state index in [2.05, 4.69) is 56.1 Å². The maximum absolute atomic E-state index is 9.33. The summed E-state index contributed by atoms with van der Waals surface area (Å²) in [5.41, 5.74) is 2.61. The highest BCUT2D eigenvalue weighted by Crippen LogP contribution is 2.31. The van der Waals surface area contributed by atoms with Crippen LogP contribution in [0.2, 0.25) is 0 Å². The van der Waals surface area contributed by atoms with Crippen molar-refractivity contribution in [1.82, 2.24) is 4.90 Å². The highest BCUT2D eigenvalue weighted by Gasteiger charge is 2.20. The summed E-state index contributed by atoms with van der Waals surface area (Å²) in [6, 6.07) is 11.2. The number of piperidine rings is 1. The van der Waals surface area contributed by atoms with Crippen LogP contribution < -0.4 is 0 Å². The van der Waals surface area contributed by atoms with E-state index in [-0.39, 0.29) is 5.92 Å². The van der Waals surface area contributed by atoms with E-state index in [1.807, 2.05) is 0 Å². The second-order valence-electron chi connectivity index (χ2n) is 6.10. The molecule has 1 atom stereocenters. The van der Waals surface area contributed by atoms with Gasteiger partial charge in [0.25, 0.3) is 0 Å². The summed E-state index contributed by atoms with van der Waals surface area (Å²) in [5.74, 6) is 1.06. The first-order valence-corrected chi connectivity index (χ1v) is 7.30. The SMILES string of the molecule is CC(C)C(C#N)c1cccc(C2CCN(C)CC2)c1. The molecule has 0 aromatic heterocycles. The van der Waals surface area contributed by atoms with Crippen LogP contribution in [0.5, 0.6) is 0 Å². The Morgan fingerprint density at radius 1 is 1.26 bits per heavy atom. The predicted octanol–water partition coefficient (Wildman–Crippen LogP) is 3.76. The van der Waals surface area contributed by atoms with E-state index in [1.54, 1.807) is 0 Å². The lowest BCUT2D eigenvalue weighted by molar-refractivity contribution is 0.255. The fraction of sp³-hybridized carbons (Fsp3) is 0.588. The molecule has 2 rings (SSSR count). The maximum atomic E-state index is 9.33. The lowest BCUT2D eigenvalue weighted by Crippen LogP contribution is -2.29. The van der Waals surface area contributed by atoms with Gasteiger partial charge in [0.1, 0.15) is 0 Å². The molecule has 102 valence electrons. The van der Waals surface area contributed by atoms with Gasteiger partial charge in [0.05, 0.1) is 12.0 Å². The number of likely N-dealkylation sites (tertiary alicyclic amines) is 1. The highest BCUT2D eigenvalue weighted by atomic mass is 15.1. The van der Waals surface area contributed by atoms with Crippen LogP contribution in [0, 0.1) is 17.2 Å². The third kappa shape index (κ3) is 3.36. The first kappa shape index (κ1) is 14.1. The largest absolute Gasteiger partial charge is 0.306 e. The van der Waals surface area contributed by atoms with Crippen molar-refractivity contribution in [3.05, 3.63) is 35.4 Å². The van der Waals surface area contributed by atoms with E-state index < -0.39 is 0 Å². The van der Waals surface area contributed by atoms with Crippen LogP contribution in [0.1, 0.15) is 49.7 Å². The van der Waals surface area contributed by atoms with Crippen molar-refractivity contribution in [2.45, 2.75) is 38.5 Å². The molecule has 0 saturated carbocycles. The Morgan fingerprint density at radius 2 is 1.95 bits per heavy atom. The van der Waals surface area contributed by atoms with Gasteiger partial charge in [-0.2, -0.15) is 5.26 Å². The standard InChI is InChI=1S/C17H24N2/c1-13(2)17(12-18)16-6-4-5-15(11-16)14-7-9-19(3)10-8-14/h4-6,11,13-14,17H,7-10H2,1-3H3. The average molecular weight is 256 g/mol. The first-order valence-electron chi connectivity index (χ1n) is 7.30. The first-order chi connectivity index (χ1) is 9.11. The van der Waals surface area contributed by atoms with Gasteiger partial charge < -0.3 is 4.90 Å². The molecule has 0 spiro atoms. The van der Waals surface area contributed by atoms with Gasteiger partial charge in [-0.05, 0) is 55.9 Å². The molecule has 1 heterocycles. The summed E-state index contributed by atoms with van der Waals surface area (Å²) in [5, 5.41) is 9.33. The van der Waals surface area contributed by atoms with Gasteiger partial charge in [-0.25, -0.2) is 0 Å². The molecule has 0 amide bonds. The normalized spacial score (nSPS) is 19.3. The maximum Gasteiger partial charge on any atom is 0.0735 e. The number of hydrogen-bond acceptors (Lipinski definition) is 2. The van der Waals surface area contributed by atoms with Gasteiger partial charge in [-0.15, -0.1) is 0 Å². The van der Waals surface area contributed by atoms with Crippen molar-refractivity contribution in [2.75, 3.05) is 20.1 Å². The lowest BCUT2D eigenvalue weighted by atomic mass is 9.84. The van der Waals surface area contributed by atoms with Gasteiger partial charge in [0, 0.05) is 0 Å². The van der Waals surface area contributed by atoms with E-state index >= 15 is 0 Å². The molecule has 1 aromatic carbocycles. The van der Waals surface area contributed by atoms with Gasteiger partial charge in [0.15, 0.2) is 0 Å². The molecule has 0 N–H and O–H groups in total. The van der Waals surface area contributed by atoms with Gasteiger partial charge in [0.2, 0.25) is 0 Å². The Hall–Kier alpha value is -1.33. The number of hydrogen-bond donors (Lipinski definition) is 0. The zero-order valence-corrected chi connectivity index (χ0v) is 12.3. The molecular weight excluding hydrogens is 232 g/mol. The molecule has 1 fully saturated rings. The molecule has 0 radical (unpaired) electrons. The Kier molecular flexibility index (Phi) is 4.61. The van der Waals surface area contributed by atoms with Crippen molar-refractivity contribution < 1.29 is 0 Å². The topological polar surface area (TPSA) is 27.0 Å². The van der Waals surface area contributed by atoms with E-state index in [4.69, 9.17) is 0 Å². The Labute approximate surface area is 117 Å². The smallest absolute Gasteiger partial charge is 0.0735 e. The molecule has 1 aliphatic rings. The average Bonchev–Trinajstić information content (AvgIpc) is 2.40. The molecule has 0 bridgehead atoms. The minimum absolute atomic E-state index is 0.0196. The molecule has 1 unspecified atom stereocenters. The quantitative estimate of drug-likeness (QED) is 0.823. The van der Waals surface area contributed by atoms with E-state index in [1.165, 1.54) is 37.1 Å². The Balaban J connectivity index is 2.17. The molecule has 0 aliphatic carbocycles. The number of benzene rings is 1. The van der Waals surface area contributed by atoms with Crippen molar-refractivity contribution in [2.24, 2.45) is 5.92 Å². The number of nitrogens with zero attached hydrogens (tertiary/aromatic N) is 2. The van der Waals surface area contributed by atoms with Crippen LogP contribution in [-0.2, 0) is 0 Å². The summed E-state index contributed by atoms with van der Waals surface area (Å²) < 4.78 is 0. The van der Waals surface area contributed by atoms with Crippen molar-refractivity contribution >= 4 is 0 Å². The van der Waals surface area contributed by atoms with Gasteiger partial charge in [-0.3, -0.25) is 0 Å². The molecule has 2 heteroatoms. The third-order valence-corrected chi connectivity index (χ3v) is 4.27. The summed E-state index contributed by atoms with van der Waals surface area (Å²) in [4.78, 5) is 2.40. The predicted molar refractivity (Wildman–Crippen MR) is 79.1 cm³/mol. The van der Waals surface area contributed by atoms with Crippen molar-refractivity contribution in [3.8, 4) is 6.07 Å². The summed E-state index contributed by atoms with van der Waals surface area (Å²) in [7, 11) is 2.19. The lowest BCUT2D eigenvalue weighted by Gasteiger charge is -2.29. The monoisotopic (exact) mass is 256 g/mol. The molecule has 1 saturated heterocycles. The van der Waals surface area contributed by atoms with Crippen LogP contribution in [0.15, 0.2) is 24.3 Å². The fourth-order valence-electron chi connectivity index (χ4n) is 2.96. The molecular formula is C17H24N2. The zero-order valence-electron chi connectivity index (χ0n) is 12.3. The number of nitriles is 1. The second kappa shape index (κ2) is 6.21. The number of rotatable bonds is 3. The second-order valence-corrected chi connectivity index (χ2v) is 6.10. The van der Waals surface area contributed by atoms with E-state index in [0.717, 1.165) is 0 Å². The van der Waals surface area contributed by atoms with E-state index in [0.29, 0.717) is 11.8 Å². The van der Waals surface area contributed by atoms with Crippen LogP contribution >= 0.6 is 0 Å². The van der Waals surface area contributed by atoms with Crippen molar-refractivity contribution in [1.29, 1.82) is 5.26 Å². The Morgan fingerprint density at radius 3 is 2.53 bits per heavy atom. The Bertz CT molecular complexity index is 451. The minimum atomic E-state index is 0.0196. The molecule has 2 nitrogen and oxygen atoms in total. The molecule has 1 aromatic rings. The fourth-order valence-corrected chi connectivity index (χ4v) is 2.96. The summed E-state index contributed by atoms with van der Waals surface area (Å²) in [6.45, 7) is 6.60. The third-order valence-electron chi connectivity index (χ3n) is 4.27.